The SMILES string of the molecule is C[C@H](NC(=O)CCC1CCNCC1)c1ccccc1. The molecule has 0 aliphatic carbocycles. The van der Waals surface area contributed by atoms with Crippen molar-refractivity contribution in [3.8, 4) is 0 Å². The molecule has 0 saturated carbocycles. The number of benzene rings is 1. The largest absolute Gasteiger partial charge is 0.350 e. The number of hydrogen-bond acceptors (Lipinski definition) is 2. The molecule has 19 heavy (non-hydrogen) atoms. The van der Waals surface area contributed by atoms with E-state index in [1.807, 2.05) is 25.1 Å². The molecule has 2 N–H and O–H groups in total. The monoisotopic (exact) mass is 260 g/mol. The van der Waals surface area contributed by atoms with Crippen molar-refractivity contribution in [1.82, 2.24) is 10.6 Å². The smallest absolute Gasteiger partial charge is 0.220 e. The molecule has 1 atom stereocenters. The minimum Gasteiger partial charge on any atom is -0.350 e. The van der Waals surface area contributed by atoms with E-state index in [9.17, 15) is 4.79 Å². The first kappa shape index (κ1) is 14.1. The first-order valence-corrected chi connectivity index (χ1v) is 7.30. The van der Waals surface area contributed by atoms with Crippen LogP contribution >= 0.6 is 0 Å². The predicted molar refractivity (Wildman–Crippen MR) is 77.8 cm³/mol. The highest BCUT2D eigenvalue weighted by Gasteiger charge is 2.15. The average Bonchev–Trinajstić information content (AvgIpc) is 2.47. The highest BCUT2D eigenvalue weighted by Crippen LogP contribution is 2.18. The summed E-state index contributed by atoms with van der Waals surface area (Å²) < 4.78 is 0. The molecule has 1 aromatic carbocycles. The molecule has 1 aliphatic rings. The number of hydrogen-bond donors (Lipinski definition) is 2. The highest BCUT2D eigenvalue weighted by atomic mass is 16.1. The third-order valence-electron chi connectivity index (χ3n) is 3.92. The number of nitrogens with one attached hydrogen (secondary N) is 2. The zero-order valence-corrected chi connectivity index (χ0v) is 11.7. The second kappa shape index (κ2) is 7.29. The Kier molecular flexibility index (Phi) is 5.40. The summed E-state index contributed by atoms with van der Waals surface area (Å²) in [5.41, 5.74) is 1.16. The molecule has 1 amide bonds. The van der Waals surface area contributed by atoms with Crippen molar-refractivity contribution < 1.29 is 4.79 Å². The van der Waals surface area contributed by atoms with Gasteiger partial charge in [0.05, 0.1) is 6.04 Å². The average molecular weight is 260 g/mol. The van der Waals surface area contributed by atoms with Gasteiger partial charge in [-0.05, 0) is 50.8 Å². The van der Waals surface area contributed by atoms with Crippen molar-refractivity contribution >= 4 is 5.91 Å². The van der Waals surface area contributed by atoms with Gasteiger partial charge in [-0.1, -0.05) is 30.3 Å². The van der Waals surface area contributed by atoms with Crippen LogP contribution in [-0.2, 0) is 4.79 Å². The lowest BCUT2D eigenvalue weighted by molar-refractivity contribution is -0.122. The molecule has 2 rings (SSSR count). The maximum atomic E-state index is 11.9. The van der Waals surface area contributed by atoms with Gasteiger partial charge in [0, 0.05) is 6.42 Å². The topological polar surface area (TPSA) is 41.1 Å². The van der Waals surface area contributed by atoms with Crippen LogP contribution in [0.2, 0.25) is 0 Å². The number of piperidine rings is 1. The van der Waals surface area contributed by atoms with E-state index in [1.54, 1.807) is 0 Å². The van der Waals surface area contributed by atoms with E-state index >= 15 is 0 Å². The van der Waals surface area contributed by atoms with Crippen LogP contribution in [0.25, 0.3) is 0 Å². The van der Waals surface area contributed by atoms with E-state index in [1.165, 1.54) is 12.8 Å². The molecule has 1 aliphatic heterocycles. The number of rotatable bonds is 5. The Morgan fingerprint density at radius 2 is 2.00 bits per heavy atom. The third kappa shape index (κ3) is 4.67. The lowest BCUT2D eigenvalue weighted by Gasteiger charge is -2.22. The second-order valence-corrected chi connectivity index (χ2v) is 5.43. The maximum Gasteiger partial charge on any atom is 0.220 e. The van der Waals surface area contributed by atoms with Crippen molar-refractivity contribution in [3.63, 3.8) is 0 Å². The Hall–Kier alpha value is -1.35. The van der Waals surface area contributed by atoms with Gasteiger partial charge in [-0.3, -0.25) is 4.79 Å². The van der Waals surface area contributed by atoms with E-state index in [2.05, 4.69) is 22.8 Å². The standard InChI is InChI=1S/C16H24N2O/c1-13(15-5-3-2-4-6-15)18-16(19)8-7-14-9-11-17-12-10-14/h2-6,13-14,17H,7-12H2,1H3,(H,18,19)/t13-/m0/s1. The zero-order chi connectivity index (χ0) is 13.5. The molecule has 104 valence electrons. The van der Waals surface area contributed by atoms with Crippen LogP contribution in [0.3, 0.4) is 0 Å². The van der Waals surface area contributed by atoms with Gasteiger partial charge in [0.2, 0.25) is 5.91 Å². The van der Waals surface area contributed by atoms with Crippen LogP contribution in [0.15, 0.2) is 30.3 Å². The quantitative estimate of drug-likeness (QED) is 0.854. The first-order valence-electron chi connectivity index (χ1n) is 7.30. The zero-order valence-electron chi connectivity index (χ0n) is 11.7. The molecule has 0 unspecified atom stereocenters. The number of carbonyl (C=O) groups is 1. The molecular formula is C16H24N2O. The van der Waals surface area contributed by atoms with E-state index in [0.717, 1.165) is 31.0 Å². The van der Waals surface area contributed by atoms with Gasteiger partial charge in [0.15, 0.2) is 0 Å². The number of amides is 1. The van der Waals surface area contributed by atoms with Crippen molar-refractivity contribution in [2.75, 3.05) is 13.1 Å². The fourth-order valence-corrected chi connectivity index (χ4v) is 2.64. The Bertz CT molecular complexity index is 385. The first-order chi connectivity index (χ1) is 9.25. The molecule has 0 spiro atoms. The van der Waals surface area contributed by atoms with E-state index in [4.69, 9.17) is 0 Å². The summed E-state index contributed by atoms with van der Waals surface area (Å²) in [5, 5.41) is 6.44. The van der Waals surface area contributed by atoms with Gasteiger partial charge in [0.1, 0.15) is 0 Å². The molecule has 3 nitrogen and oxygen atoms in total. The summed E-state index contributed by atoms with van der Waals surface area (Å²) >= 11 is 0. The lowest BCUT2D eigenvalue weighted by Crippen LogP contribution is -2.30. The second-order valence-electron chi connectivity index (χ2n) is 5.43. The Morgan fingerprint density at radius 1 is 1.32 bits per heavy atom. The predicted octanol–water partition coefficient (Wildman–Crippen LogP) is 2.64. The molecule has 1 saturated heterocycles. The van der Waals surface area contributed by atoms with Crippen molar-refractivity contribution in [2.45, 2.75) is 38.6 Å². The summed E-state index contributed by atoms with van der Waals surface area (Å²) in [6.07, 6.45) is 4.10. The van der Waals surface area contributed by atoms with Gasteiger partial charge >= 0.3 is 0 Å². The van der Waals surface area contributed by atoms with Gasteiger partial charge in [0.25, 0.3) is 0 Å². The van der Waals surface area contributed by atoms with Crippen molar-refractivity contribution in [2.24, 2.45) is 5.92 Å². The molecule has 3 heteroatoms. The molecule has 0 bridgehead atoms. The van der Waals surface area contributed by atoms with Crippen LogP contribution in [0, 0.1) is 5.92 Å². The van der Waals surface area contributed by atoms with Crippen LogP contribution in [-0.4, -0.2) is 19.0 Å². The van der Waals surface area contributed by atoms with Crippen molar-refractivity contribution in [3.05, 3.63) is 35.9 Å². The van der Waals surface area contributed by atoms with Gasteiger partial charge in [-0.15, -0.1) is 0 Å². The van der Waals surface area contributed by atoms with Gasteiger partial charge in [-0.2, -0.15) is 0 Å². The minimum absolute atomic E-state index is 0.0988. The van der Waals surface area contributed by atoms with Crippen LogP contribution in [0.1, 0.15) is 44.2 Å². The third-order valence-corrected chi connectivity index (χ3v) is 3.92. The maximum absolute atomic E-state index is 11.9. The summed E-state index contributed by atoms with van der Waals surface area (Å²) in [7, 11) is 0. The molecule has 0 aromatic heterocycles. The fraction of sp³-hybridized carbons (Fsp3) is 0.562. The molecule has 1 heterocycles. The summed E-state index contributed by atoms with van der Waals surface area (Å²) in [6, 6.07) is 10.2. The van der Waals surface area contributed by atoms with Crippen LogP contribution in [0.5, 0.6) is 0 Å². The summed E-state index contributed by atoms with van der Waals surface area (Å²) in [5.74, 6) is 0.897. The Balaban J connectivity index is 1.71. The normalized spacial score (nSPS) is 17.9. The molecule has 1 aromatic rings. The summed E-state index contributed by atoms with van der Waals surface area (Å²) in [4.78, 5) is 11.9. The van der Waals surface area contributed by atoms with Gasteiger partial charge in [-0.25, -0.2) is 0 Å². The number of carbonyl (C=O) groups excluding carboxylic acids is 1. The van der Waals surface area contributed by atoms with E-state index in [-0.39, 0.29) is 11.9 Å². The molecule has 1 fully saturated rings. The van der Waals surface area contributed by atoms with Crippen LogP contribution in [0.4, 0.5) is 0 Å². The fourth-order valence-electron chi connectivity index (χ4n) is 2.64. The molecular weight excluding hydrogens is 236 g/mol. The Morgan fingerprint density at radius 3 is 2.68 bits per heavy atom. The van der Waals surface area contributed by atoms with E-state index < -0.39 is 0 Å². The lowest BCUT2D eigenvalue weighted by atomic mass is 9.93. The minimum atomic E-state index is 0.0988. The van der Waals surface area contributed by atoms with Crippen LogP contribution < -0.4 is 10.6 Å². The highest BCUT2D eigenvalue weighted by molar-refractivity contribution is 5.76. The van der Waals surface area contributed by atoms with Crippen molar-refractivity contribution in [1.29, 1.82) is 0 Å². The van der Waals surface area contributed by atoms with Gasteiger partial charge < -0.3 is 10.6 Å². The molecule has 0 radical (unpaired) electrons. The van der Waals surface area contributed by atoms with E-state index in [0.29, 0.717) is 6.42 Å². The summed E-state index contributed by atoms with van der Waals surface area (Å²) in [6.45, 7) is 4.25. The Labute approximate surface area is 115 Å².